The van der Waals surface area contributed by atoms with Gasteiger partial charge in [0.1, 0.15) is 17.1 Å². The molecule has 0 aliphatic carbocycles. The fourth-order valence-corrected chi connectivity index (χ4v) is 1.73. The maximum atomic E-state index is 12.2. The number of carbonyl (C=O) groups excluding carboxylic acids is 1. The fraction of sp³-hybridized carbons (Fsp3) is 0.500. The SMILES string of the molecule is COCCNCCNC(=O)c1c(OC)cccc1OC. The number of nitrogens with one attached hydrogen (secondary N) is 2. The van der Waals surface area contributed by atoms with E-state index in [1.165, 1.54) is 14.2 Å². The Morgan fingerprint density at radius 1 is 1.05 bits per heavy atom. The monoisotopic (exact) mass is 282 g/mol. The van der Waals surface area contributed by atoms with Gasteiger partial charge in [-0.3, -0.25) is 4.79 Å². The van der Waals surface area contributed by atoms with Crippen molar-refractivity contribution in [1.29, 1.82) is 0 Å². The van der Waals surface area contributed by atoms with Gasteiger partial charge in [-0.2, -0.15) is 0 Å². The zero-order valence-electron chi connectivity index (χ0n) is 12.2. The van der Waals surface area contributed by atoms with Crippen molar-refractivity contribution in [3.8, 4) is 11.5 Å². The average Bonchev–Trinajstić information content (AvgIpc) is 2.49. The fourth-order valence-electron chi connectivity index (χ4n) is 1.73. The second-order valence-electron chi connectivity index (χ2n) is 4.04. The molecule has 0 aliphatic heterocycles. The van der Waals surface area contributed by atoms with E-state index in [9.17, 15) is 4.79 Å². The normalized spacial score (nSPS) is 10.2. The number of carbonyl (C=O) groups is 1. The van der Waals surface area contributed by atoms with Gasteiger partial charge in [0, 0.05) is 26.7 Å². The highest BCUT2D eigenvalue weighted by atomic mass is 16.5. The van der Waals surface area contributed by atoms with Crippen LogP contribution >= 0.6 is 0 Å². The second-order valence-corrected chi connectivity index (χ2v) is 4.04. The molecule has 0 bridgehead atoms. The van der Waals surface area contributed by atoms with Gasteiger partial charge in [0.25, 0.3) is 5.91 Å². The number of hydrogen-bond donors (Lipinski definition) is 2. The summed E-state index contributed by atoms with van der Waals surface area (Å²) >= 11 is 0. The Morgan fingerprint density at radius 3 is 2.25 bits per heavy atom. The first-order chi connectivity index (χ1) is 9.74. The number of hydrogen-bond acceptors (Lipinski definition) is 5. The number of benzene rings is 1. The van der Waals surface area contributed by atoms with Crippen molar-refractivity contribution in [2.24, 2.45) is 0 Å². The topological polar surface area (TPSA) is 68.8 Å². The molecule has 112 valence electrons. The first-order valence-corrected chi connectivity index (χ1v) is 6.43. The largest absolute Gasteiger partial charge is 0.496 e. The first kappa shape index (κ1) is 16.3. The van der Waals surface area contributed by atoms with Crippen LogP contribution in [0, 0.1) is 0 Å². The van der Waals surface area contributed by atoms with Crippen molar-refractivity contribution < 1.29 is 19.0 Å². The quantitative estimate of drug-likeness (QED) is 0.652. The summed E-state index contributed by atoms with van der Waals surface area (Å²) in [6.07, 6.45) is 0. The molecule has 1 amide bonds. The third-order valence-electron chi connectivity index (χ3n) is 2.73. The van der Waals surface area contributed by atoms with Crippen LogP contribution in [-0.2, 0) is 4.74 Å². The number of rotatable bonds is 9. The molecule has 1 aromatic rings. The third kappa shape index (κ3) is 4.71. The molecule has 0 spiro atoms. The van der Waals surface area contributed by atoms with Crippen molar-refractivity contribution in [2.75, 3.05) is 47.6 Å². The van der Waals surface area contributed by atoms with Gasteiger partial charge < -0.3 is 24.8 Å². The van der Waals surface area contributed by atoms with Gasteiger partial charge in [-0.25, -0.2) is 0 Å². The zero-order chi connectivity index (χ0) is 14.8. The summed E-state index contributed by atoms with van der Waals surface area (Å²) < 4.78 is 15.3. The van der Waals surface area contributed by atoms with E-state index in [1.807, 2.05) is 0 Å². The Hall–Kier alpha value is -1.79. The molecule has 0 aliphatic rings. The smallest absolute Gasteiger partial charge is 0.258 e. The molecule has 0 aromatic heterocycles. The second kappa shape index (κ2) is 9.17. The molecule has 0 atom stereocenters. The van der Waals surface area contributed by atoms with Crippen molar-refractivity contribution in [3.05, 3.63) is 23.8 Å². The molecule has 1 rings (SSSR count). The minimum atomic E-state index is -0.215. The first-order valence-electron chi connectivity index (χ1n) is 6.43. The number of amides is 1. The Kier molecular flexibility index (Phi) is 7.46. The van der Waals surface area contributed by atoms with Crippen molar-refractivity contribution in [2.45, 2.75) is 0 Å². The Balaban J connectivity index is 2.54. The van der Waals surface area contributed by atoms with Crippen LogP contribution in [0.15, 0.2) is 18.2 Å². The van der Waals surface area contributed by atoms with Crippen molar-refractivity contribution in [3.63, 3.8) is 0 Å². The van der Waals surface area contributed by atoms with Crippen LogP contribution in [0.1, 0.15) is 10.4 Å². The molecule has 0 saturated carbocycles. The summed E-state index contributed by atoms with van der Waals surface area (Å²) in [5, 5.41) is 5.97. The van der Waals surface area contributed by atoms with Gasteiger partial charge in [-0.1, -0.05) is 6.07 Å². The number of ether oxygens (including phenoxy) is 3. The molecule has 0 radical (unpaired) electrons. The van der Waals surface area contributed by atoms with E-state index < -0.39 is 0 Å². The van der Waals surface area contributed by atoms with Crippen LogP contribution in [0.4, 0.5) is 0 Å². The number of methoxy groups -OCH3 is 3. The maximum Gasteiger partial charge on any atom is 0.258 e. The molecular weight excluding hydrogens is 260 g/mol. The van der Waals surface area contributed by atoms with Crippen LogP contribution in [0.3, 0.4) is 0 Å². The molecule has 20 heavy (non-hydrogen) atoms. The van der Waals surface area contributed by atoms with E-state index in [1.54, 1.807) is 25.3 Å². The van der Waals surface area contributed by atoms with Crippen LogP contribution in [0.5, 0.6) is 11.5 Å². The summed E-state index contributed by atoms with van der Waals surface area (Å²) in [5.74, 6) is 0.774. The van der Waals surface area contributed by atoms with E-state index in [2.05, 4.69) is 10.6 Å². The zero-order valence-corrected chi connectivity index (χ0v) is 12.2. The van der Waals surface area contributed by atoms with E-state index >= 15 is 0 Å². The Morgan fingerprint density at radius 2 is 1.70 bits per heavy atom. The minimum Gasteiger partial charge on any atom is -0.496 e. The van der Waals surface area contributed by atoms with E-state index in [-0.39, 0.29) is 5.91 Å². The molecule has 0 unspecified atom stereocenters. The van der Waals surface area contributed by atoms with Crippen LogP contribution in [0.2, 0.25) is 0 Å². The van der Waals surface area contributed by atoms with Gasteiger partial charge >= 0.3 is 0 Å². The molecule has 0 fully saturated rings. The minimum absolute atomic E-state index is 0.215. The van der Waals surface area contributed by atoms with E-state index in [0.717, 1.165) is 6.54 Å². The highest BCUT2D eigenvalue weighted by molar-refractivity contribution is 5.99. The Labute approximate surface area is 119 Å². The lowest BCUT2D eigenvalue weighted by molar-refractivity contribution is 0.0947. The molecule has 6 nitrogen and oxygen atoms in total. The summed E-state index contributed by atoms with van der Waals surface area (Å²) in [6.45, 7) is 2.59. The molecule has 1 aromatic carbocycles. The summed E-state index contributed by atoms with van der Waals surface area (Å²) in [5.41, 5.74) is 0.411. The van der Waals surface area contributed by atoms with E-state index in [0.29, 0.717) is 36.8 Å². The van der Waals surface area contributed by atoms with Crippen molar-refractivity contribution >= 4 is 5.91 Å². The molecule has 6 heteroatoms. The molecule has 0 heterocycles. The van der Waals surface area contributed by atoms with Gasteiger partial charge in [0.2, 0.25) is 0 Å². The highest BCUT2D eigenvalue weighted by Crippen LogP contribution is 2.27. The maximum absolute atomic E-state index is 12.2. The molecule has 2 N–H and O–H groups in total. The highest BCUT2D eigenvalue weighted by Gasteiger charge is 2.17. The summed E-state index contributed by atoms with van der Waals surface area (Å²) in [4.78, 5) is 12.2. The molecule has 0 saturated heterocycles. The van der Waals surface area contributed by atoms with Gasteiger partial charge in [-0.05, 0) is 12.1 Å². The summed E-state index contributed by atoms with van der Waals surface area (Å²) in [6, 6.07) is 5.24. The molecular formula is C14H22N2O4. The van der Waals surface area contributed by atoms with Crippen LogP contribution in [0.25, 0.3) is 0 Å². The van der Waals surface area contributed by atoms with Crippen LogP contribution in [-0.4, -0.2) is 53.5 Å². The van der Waals surface area contributed by atoms with Gasteiger partial charge in [0.15, 0.2) is 0 Å². The van der Waals surface area contributed by atoms with Gasteiger partial charge in [0.05, 0.1) is 20.8 Å². The summed E-state index contributed by atoms with van der Waals surface area (Å²) in [7, 11) is 4.70. The lowest BCUT2D eigenvalue weighted by Crippen LogP contribution is -2.33. The Bertz CT molecular complexity index is 401. The standard InChI is InChI=1S/C14H22N2O4/c1-18-10-9-15-7-8-16-14(17)13-11(19-2)5-4-6-12(13)20-3/h4-6,15H,7-10H2,1-3H3,(H,16,17). The van der Waals surface area contributed by atoms with Crippen molar-refractivity contribution in [1.82, 2.24) is 10.6 Å². The lowest BCUT2D eigenvalue weighted by atomic mass is 10.1. The van der Waals surface area contributed by atoms with E-state index in [4.69, 9.17) is 14.2 Å². The predicted octanol–water partition coefficient (Wildman–Crippen LogP) is 0.670. The third-order valence-corrected chi connectivity index (χ3v) is 2.73. The van der Waals surface area contributed by atoms with Gasteiger partial charge in [-0.15, -0.1) is 0 Å². The predicted molar refractivity (Wildman–Crippen MR) is 76.6 cm³/mol. The van der Waals surface area contributed by atoms with Crippen LogP contribution < -0.4 is 20.1 Å². The lowest BCUT2D eigenvalue weighted by Gasteiger charge is -2.13. The average molecular weight is 282 g/mol.